The van der Waals surface area contributed by atoms with Crippen LogP contribution in [-0.2, 0) is 24.3 Å². The zero-order valence-corrected chi connectivity index (χ0v) is 21.2. The molecule has 0 saturated carbocycles. The molecule has 3 heterocycles. The van der Waals surface area contributed by atoms with Gasteiger partial charge in [-0.15, -0.1) is 11.3 Å². The predicted octanol–water partition coefficient (Wildman–Crippen LogP) is 4.98. The van der Waals surface area contributed by atoms with Crippen LogP contribution in [0.3, 0.4) is 0 Å². The molecule has 4 aromatic rings. The number of rotatable bonds is 10. The maximum absolute atomic E-state index is 13.3. The number of anilines is 1. The summed E-state index contributed by atoms with van der Waals surface area (Å²) in [5.74, 6) is -0.624. The van der Waals surface area contributed by atoms with Gasteiger partial charge in [-0.3, -0.25) is 4.79 Å². The smallest absolute Gasteiger partial charge is 0.319 e. The summed E-state index contributed by atoms with van der Waals surface area (Å²) in [6, 6.07) is 6.14. The zero-order chi connectivity index (χ0) is 25.0. The van der Waals surface area contributed by atoms with Gasteiger partial charge >= 0.3 is 5.97 Å². The number of aromatic nitrogens is 5. The number of hydrogen-bond acceptors (Lipinski definition) is 8. The van der Waals surface area contributed by atoms with Crippen LogP contribution in [0.25, 0.3) is 5.69 Å². The van der Waals surface area contributed by atoms with E-state index in [1.807, 2.05) is 35.8 Å². The molecule has 3 aromatic heterocycles. The summed E-state index contributed by atoms with van der Waals surface area (Å²) in [5, 5.41) is 15.8. The molecule has 0 spiro atoms. The van der Waals surface area contributed by atoms with Gasteiger partial charge in [-0.05, 0) is 50.1 Å². The molecule has 0 radical (unpaired) electrons. The lowest BCUT2D eigenvalue weighted by atomic mass is 10.2. The molecular weight excluding hydrogens is 487 g/mol. The van der Waals surface area contributed by atoms with E-state index in [4.69, 9.17) is 0 Å². The number of benzene rings is 1. The molecule has 0 amide bonds. The van der Waals surface area contributed by atoms with Crippen LogP contribution in [0.2, 0.25) is 0 Å². The van der Waals surface area contributed by atoms with Gasteiger partial charge in [0, 0.05) is 36.1 Å². The van der Waals surface area contributed by atoms with Crippen molar-refractivity contribution in [2.24, 2.45) is 0 Å². The molecule has 0 aliphatic heterocycles. The van der Waals surface area contributed by atoms with Gasteiger partial charge in [0.2, 0.25) is 5.95 Å². The Morgan fingerprint density at radius 2 is 1.86 bits per heavy atom. The molecule has 0 bridgehead atoms. The van der Waals surface area contributed by atoms with Gasteiger partial charge in [-0.2, -0.15) is 5.10 Å². The highest BCUT2D eigenvalue weighted by atomic mass is 32.2. The Morgan fingerprint density at radius 3 is 2.51 bits per heavy atom. The third-order valence-corrected chi connectivity index (χ3v) is 7.40. The summed E-state index contributed by atoms with van der Waals surface area (Å²) in [6.07, 6.45) is 8.12. The number of hydrogen-bond donors (Lipinski definition) is 1. The number of aryl methyl sites for hydroxylation is 1. The first-order valence-electron chi connectivity index (χ1n) is 11.0. The molecule has 1 N–H and O–H groups in total. The van der Waals surface area contributed by atoms with Crippen molar-refractivity contribution in [3.8, 4) is 5.69 Å². The van der Waals surface area contributed by atoms with Crippen LogP contribution in [-0.4, -0.2) is 40.6 Å². The Bertz CT molecular complexity index is 1290. The maximum atomic E-state index is 13.3. The Balaban J connectivity index is 1.56. The fraction of sp³-hybridized carbons (Fsp3) is 0.292. The van der Waals surface area contributed by atoms with E-state index in [1.54, 1.807) is 36.9 Å². The number of carboxylic acid groups (broad SMARTS) is 1. The number of carboxylic acids is 1. The number of thiazole rings is 1. The third kappa shape index (κ3) is 6.23. The van der Waals surface area contributed by atoms with Gasteiger partial charge in [0.15, 0.2) is 4.34 Å². The van der Waals surface area contributed by atoms with Crippen molar-refractivity contribution in [1.82, 2.24) is 24.7 Å². The van der Waals surface area contributed by atoms with Crippen LogP contribution < -0.4 is 4.90 Å². The van der Waals surface area contributed by atoms with Crippen LogP contribution in [0.4, 0.5) is 10.3 Å². The highest BCUT2D eigenvalue weighted by molar-refractivity contribution is 8.03. The van der Waals surface area contributed by atoms with E-state index in [0.29, 0.717) is 23.4 Å². The molecule has 182 valence electrons. The van der Waals surface area contributed by atoms with E-state index in [0.717, 1.165) is 28.9 Å². The first-order chi connectivity index (χ1) is 16.7. The van der Waals surface area contributed by atoms with Gasteiger partial charge in [-0.25, -0.2) is 24.0 Å². The van der Waals surface area contributed by atoms with E-state index in [2.05, 4.69) is 20.1 Å². The van der Waals surface area contributed by atoms with Crippen molar-refractivity contribution in [1.29, 1.82) is 0 Å². The van der Waals surface area contributed by atoms with Crippen molar-refractivity contribution < 1.29 is 14.3 Å². The standard InChI is InChI=1S/C24H25FN6O2S2/c1-4-16-9-26-22(27-10-16)30(14-19-15-34-23(29-19)35-24(2,3)21(32)33)12-17-11-28-31(13-17)20-7-5-18(25)6-8-20/h5-11,13,15H,4,12,14H2,1-3H3,(H,32,33). The summed E-state index contributed by atoms with van der Waals surface area (Å²) < 4.78 is 14.7. The monoisotopic (exact) mass is 512 g/mol. The molecule has 4 rings (SSSR count). The second-order valence-corrected chi connectivity index (χ2v) is 11.1. The van der Waals surface area contributed by atoms with Gasteiger partial charge in [0.1, 0.15) is 10.6 Å². The average Bonchev–Trinajstić information content (AvgIpc) is 3.48. The van der Waals surface area contributed by atoms with E-state index < -0.39 is 10.7 Å². The number of nitrogens with zero attached hydrogens (tertiary/aromatic N) is 6. The molecule has 0 aliphatic carbocycles. The summed E-state index contributed by atoms with van der Waals surface area (Å²) in [4.78, 5) is 27.2. The Morgan fingerprint density at radius 1 is 1.14 bits per heavy atom. The highest BCUT2D eigenvalue weighted by Gasteiger charge is 2.30. The lowest BCUT2D eigenvalue weighted by molar-refractivity contribution is -0.138. The SMILES string of the molecule is CCc1cnc(N(Cc2cnn(-c3ccc(F)cc3)c2)Cc2csc(SC(C)(C)C(=O)O)n2)nc1. The topological polar surface area (TPSA) is 97.0 Å². The van der Waals surface area contributed by atoms with Crippen molar-refractivity contribution in [2.75, 3.05) is 4.90 Å². The summed E-state index contributed by atoms with van der Waals surface area (Å²) in [5.41, 5.74) is 3.53. The van der Waals surface area contributed by atoms with Crippen LogP contribution in [0.1, 0.15) is 37.6 Å². The molecule has 0 saturated heterocycles. The Hall–Kier alpha value is -3.31. The Kier molecular flexibility index (Phi) is 7.46. The molecule has 0 aliphatic rings. The van der Waals surface area contributed by atoms with Gasteiger partial charge < -0.3 is 10.0 Å². The summed E-state index contributed by atoms with van der Waals surface area (Å²) >= 11 is 2.65. The van der Waals surface area contributed by atoms with Crippen molar-refractivity contribution >= 4 is 35.0 Å². The maximum Gasteiger partial charge on any atom is 0.319 e. The number of aliphatic carboxylic acids is 1. The fourth-order valence-electron chi connectivity index (χ4n) is 3.15. The van der Waals surface area contributed by atoms with E-state index in [9.17, 15) is 14.3 Å². The third-order valence-electron chi connectivity index (χ3n) is 5.22. The van der Waals surface area contributed by atoms with Gasteiger partial charge in [0.25, 0.3) is 0 Å². The van der Waals surface area contributed by atoms with Crippen molar-refractivity contribution in [3.63, 3.8) is 0 Å². The first kappa shape index (κ1) is 24.8. The minimum atomic E-state index is -0.969. The number of halogens is 1. The predicted molar refractivity (Wildman–Crippen MR) is 135 cm³/mol. The molecule has 11 heteroatoms. The van der Waals surface area contributed by atoms with Gasteiger partial charge in [0.05, 0.1) is 24.1 Å². The number of carbonyl (C=O) groups is 1. The quantitative estimate of drug-likeness (QED) is 0.297. The van der Waals surface area contributed by atoms with Crippen LogP contribution >= 0.6 is 23.1 Å². The Labute approximate surface area is 210 Å². The molecule has 35 heavy (non-hydrogen) atoms. The first-order valence-corrected chi connectivity index (χ1v) is 12.7. The molecule has 0 fully saturated rings. The largest absolute Gasteiger partial charge is 0.480 e. The van der Waals surface area contributed by atoms with Crippen molar-refractivity contribution in [2.45, 2.75) is 49.4 Å². The van der Waals surface area contributed by atoms with Crippen molar-refractivity contribution in [3.05, 3.63) is 77.1 Å². The summed E-state index contributed by atoms with van der Waals surface area (Å²) in [7, 11) is 0. The average molecular weight is 513 g/mol. The lowest BCUT2D eigenvalue weighted by Crippen LogP contribution is -2.27. The van der Waals surface area contributed by atoms with Gasteiger partial charge in [-0.1, -0.05) is 18.7 Å². The summed E-state index contributed by atoms with van der Waals surface area (Å²) in [6.45, 7) is 6.29. The van der Waals surface area contributed by atoms with Crippen LogP contribution in [0.15, 0.2) is 58.8 Å². The number of thioether (sulfide) groups is 1. The minimum Gasteiger partial charge on any atom is -0.480 e. The molecular formula is C24H25FN6O2S2. The van der Waals surface area contributed by atoms with Crippen LogP contribution in [0, 0.1) is 5.82 Å². The van der Waals surface area contributed by atoms with E-state index in [1.165, 1.54) is 35.2 Å². The fourth-order valence-corrected chi connectivity index (χ4v) is 5.34. The highest BCUT2D eigenvalue weighted by Crippen LogP contribution is 2.35. The second-order valence-electron chi connectivity index (χ2n) is 8.39. The van der Waals surface area contributed by atoms with Crippen LogP contribution in [0.5, 0.6) is 0 Å². The van der Waals surface area contributed by atoms with E-state index >= 15 is 0 Å². The molecule has 1 aromatic carbocycles. The molecule has 8 nitrogen and oxygen atoms in total. The minimum absolute atomic E-state index is 0.299. The van der Waals surface area contributed by atoms with E-state index in [-0.39, 0.29) is 5.82 Å². The zero-order valence-electron chi connectivity index (χ0n) is 19.6. The second kappa shape index (κ2) is 10.5. The molecule has 0 unspecified atom stereocenters. The normalized spacial score (nSPS) is 11.5. The molecule has 0 atom stereocenters. The lowest BCUT2D eigenvalue weighted by Gasteiger charge is -2.21.